The molecule has 154 valence electrons. The topological polar surface area (TPSA) is 30.5 Å². The first kappa shape index (κ1) is 17.2. The van der Waals surface area contributed by atoms with Gasteiger partial charge in [0.05, 0.1) is 23.0 Å². The number of rotatable bonds is 1. The molecule has 33 heavy (non-hydrogen) atoms. The number of nitrogens with zero attached hydrogens (tertiary/aromatic N) is 2. The summed E-state index contributed by atoms with van der Waals surface area (Å²) in [6.07, 6.45) is 1.77. The van der Waals surface area contributed by atoms with Crippen LogP contribution < -0.4 is 14.9 Å². The minimum Gasteiger partial charge on any atom is -0.536 e. The fourth-order valence-corrected chi connectivity index (χ4v) is 5.50. The Morgan fingerprint density at radius 3 is 2.21 bits per heavy atom. The van der Waals surface area contributed by atoms with Gasteiger partial charge in [0.2, 0.25) is 0 Å². The highest BCUT2D eigenvalue weighted by molar-refractivity contribution is 6.77. The number of aromatic nitrogens is 1. The third-order valence-electron chi connectivity index (χ3n) is 6.89. The van der Waals surface area contributed by atoms with Crippen molar-refractivity contribution in [2.24, 2.45) is 0 Å². The minimum atomic E-state index is -0.233. The van der Waals surface area contributed by atoms with Crippen molar-refractivity contribution in [1.82, 2.24) is 4.57 Å². The molecule has 2 aliphatic rings. The van der Waals surface area contributed by atoms with E-state index >= 15 is 0 Å². The molecule has 5 heteroatoms. The van der Waals surface area contributed by atoms with Gasteiger partial charge >= 0.3 is 7.05 Å². The standard InChI is InChI=1S/C28H17BN2O2/c1-3-9-24-19(7-1)20-8-2-4-10-25(20)30(24)18-13-14-23-22(17-18)21-15-16-32-28(21)31-26-11-5-6-12-27(26)33-29(23)31/h1-17H. The lowest BCUT2D eigenvalue weighted by atomic mass is 9.66. The number of anilines is 2. The number of fused-ring (bicyclic) bond motifs is 11. The molecule has 0 atom stereocenters. The average Bonchev–Trinajstić information content (AvgIpc) is 3.57. The highest BCUT2D eigenvalue weighted by atomic mass is 16.5. The smallest absolute Gasteiger partial charge is 0.527 e. The molecule has 0 saturated carbocycles. The van der Waals surface area contributed by atoms with Gasteiger partial charge in [-0.1, -0.05) is 54.6 Å². The zero-order valence-corrected chi connectivity index (χ0v) is 17.6. The molecule has 0 unspecified atom stereocenters. The largest absolute Gasteiger partial charge is 0.536 e. The molecular weight excluding hydrogens is 407 g/mol. The molecule has 0 spiro atoms. The SMILES string of the molecule is c1ccc2c(c1)OB1c3ccc(-n4c5ccccc5c5ccccc54)cc3-c3ccoc3N12. The van der Waals surface area contributed by atoms with Crippen LogP contribution in [0.2, 0.25) is 0 Å². The predicted octanol–water partition coefficient (Wildman–Crippen LogP) is 6.28. The highest BCUT2D eigenvalue weighted by Crippen LogP contribution is 2.47. The van der Waals surface area contributed by atoms with Crippen LogP contribution in [0.3, 0.4) is 0 Å². The average molecular weight is 424 g/mol. The molecule has 4 aromatic carbocycles. The van der Waals surface area contributed by atoms with Crippen LogP contribution in [0.15, 0.2) is 108 Å². The van der Waals surface area contributed by atoms with Crippen molar-refractivity contribution in [2.75, 3.05) is 4.81 Å². The van der Waals surface area contributed by atoms with E-state index in [0.29, 0.717) is 0 Å². The normalized spacial score (nSPS) is 13.6. The summed E-state index contributed by atoms with van der Waals surface area (Å²) in [5, 5.41) is 2.52. The predicted molar refractivity (Wildman–Crippen MR) is 133 cm³/mol. The number of benzene rings is 4. The minimum absolute atomic E-state index is 0.233. The zero-order chi connectivity index (χ0) is 21.5. The van der Waals surface area contributed by atoms with Gasteiger partial charge in [-0.15, -0.1) is 0 Å². The van der Waals surface area contributed by atoms with Crippen molar-refractivity contribution in [3.05, 3.63) is 103 Å². The van der Waals surface area contributed by atoms with Crippen LogP contribution in [0.4, 0.5) is 11.6 Å². The summed E-state index contributed by atoms with van der Waals surface area (Å²) in [4.78, 5) is 2.16. The van der Waals surface area contributed by atoms with Gasteiger partial charge in [-0.3, -0.25) is 0 Å². The Kier molecular flexibility index (Phi) is 3.19. The van der Waals surface area contributed by atoms with Gasteiger partial charge < -0.3 is 18.4 Å². The van der Waals surface area contributed by atoms with Crippen LogP contribution in [-0.4, -0.2) is 11.6 Å². The van der Waals surface area contributed by atoms with Crippen molar-refractivity contribution in [3.8, 4) is 22.6 Å². The lowest BCUT2D eigenvalue weighted by Crippen LogP contribution is -2.50. The van der Waals surface area contributed by atoms with Crippen LogP contribution in [0.5, 0.6) is 5.75 Å². The van der Waals surface area contributed by atoms with Crippen molar-refractivity contribution in [2.45, 2.75) is 0 Å². The molecule has 0 amide bonds. The molecule has 0 N–H and O–H groups in total. The summed E-state index contributed by atoms with van der Waals surface area (Å²) in [6.45, 7) is 0. The summed E-state index contributed by atoms with van der Waals surface area (Å²) in [5.41, 5.74) is 7.94. The molecule has 0 bridgehead atoms. The number of para-hydroxylation sites is 4. The maximum Gasteiger partial charge on any atom is 0.527 e. The van der Waals surface area contributed by atoms with Crippen LogP contribution in [0.25, 0.3) is 38.6 Å². The van der Waals surface area contributed by atoms with E-state index < -0.39 is 0 Å². The van der Waals surface area contributed by atoms with Crippen LogP contribution in [-0.2, 0) is 0 Å². The van der Waals surface area contributed by atoms with Crippen molar-refractivity contribution >= 4 is 45.9 Å². The molecular formula is C28H17BN2O2. The number of furan rings is 1. The molecule has 4 nitrogen and oxygen atoms in total. The second-order valence-electron chi connectivity index (χ2n) is 8.59. The van der Waals surface area contributed by atoms with Crippen molar-refractivity contribution in [3.63, 3.8) is 0 Å². The molecule has 0 fully saturated rings. The van der Waals surface area contributed by atoms with Gasteiger partial charge in [0.15, 0.2) is 5.88 Å². The Morgan fingerprint density at radius 1 is 0.667 bits per heavy atom. The maximum absolute atomic E-state index is 6.39. The van der Waals surface area contributed by atoms with Gasteiger partial charge in [-0.25, -0.2) is 0 Å². The molecule has 0 aliphatic carbocycles. The lowest BCUT2D eigenvalue weighted by Gasteiger charge is -2.27. The van der Waals surface area contributed by atoms with Crippen molar-refractivity contribution < 1.29 is 9.07 Å². The van der Waals surface area contributed by atoms with E-state index in [1.165, 1.54) is 21.8 Å². The zero-order valence-electron chi connectivity index (χ0n) is 17.6. The Hall–Kier alpha value is -4.38. The molecule has 0 radical (unpaired) electrons. The first-order chi connectivity index (χ1) is 16.4. The molecule has 2 aromatic heterocycles. The van der Waals surface area contributed by atoms with Gasteiger partial charge in [0.25, 0.3) is 0 Å². The molecule has 4 heterocycles. The van der Waals surface area contributed by atoms with E-state index in [1.54, 1.807) is 6.26 Å². The lowest BCUT2D eigenvalue weighted by molar-refractivity contribution is 0.569. The third-order valence-corrected chi connectivity index (χ3v) is 6.89. The summed E-state index contributed by atoms with van der Waals surface area (Å²) in [6, 6.07) is 34.1. The summed E-state index contributed by atoms with van der Waals surface area (Å²) in [5.74, 6) is 1.71. The summed E-state index contributed by atoms with van der Waals surface area (Å²) >= 11 is 0. The Balaban J connectivity index is 1.39. The van der Waals surface area contributed by atoms with E-state index in [4.69, 9.17) is 9.07 Å². The fourth-order valence-electron chi connectivity index (χ4n) is 5.50. The Morgan fingerprint density at radius 2 is 1.39 bits per heavy atom. The fraction of sp³-hybridized carbons (Fsp3) is 0. The number of hydrogen-bond acceptors (Lipinski definition) is 3. The third kappa shape index (κ3) is 2.16. The molecule has 0 saturated heterocycles. The van der Waals surface area contributed by atoms with E-state index in [1.807, 2.05) is 18.2 Å². The van der Waals surface area contributed by atoms with Crippen LogP contribution in [0.1, 0.15) is 0 Å². The van der Waals surface area contributed by atoms with Gasteiger partial charge in [0.1, 0.15) is 5.75 Å². The van der Waals surface area contributed by atoms with Crippen LogP contribution in [0, 0.1) is 0 Å². The van der Waals surface area contributed by atoms with Gasteiger partial charge in [-0.05, 0) is 53.5 Å². The van der Waals surface area contributed by atoms with E-state index in [0.717, 1.165) is 39.6 Å². The Bertz CT molecular complexity index is 1680. The monoisotopic (exact) mass is 424 g/mol. The van der Waals surface area contributed by atoms with E-state index in [-0.39, 0.29) is 7.05 Å². The molecule has 2 aliphatic heterocycles. The second-order valence-corrected chi connectivity index (χ2v) is 8.59. The molecule has 6 aromatic rings. The van der Waals surface area contributed by atoms with Gasteiger partial charge in [-0.2, -0.15) is 0 Å². The second kappa shape index (κ2) is 6.11. The summed E-state index contributed by atoms with van der Waals surface area (Å²) in [7, 11) is -0.233. The maximum atomic E-state index is 6.39. The first-order valence-electron chi connectivity index (χ1n) is 11.1. The van der Waals surface area contributed by atoms with E-state index in [2.05, 4.69) is 88.2 Å². The van der Waals surface area contributed by atoms with E-state index in [9.17, 15) is 0 Å². The van der Waals surface area contributed by atoms with Crippen LogP contribution >= 0.6 is 0 Å². The van der Waals surface area contributed by atoms with Crippen molar-refractivity contribution in [1.29, 1.82) is 0 Å². The molecule has 8 rings (SSSR count). The van der Waals surface area contributed by atoms with Gasteiger partial charge in [0, 0.05) is 22.0 Å². The quantitative estimate of drug-likeness (QED) is 0.291. The highest BCUT2D eigenvalue weighted by Gasteiger charge is 2.46. The number of hydrogen-bond donors (Lipinski definition) is 0. The summed E-state index contributed by atoms with van der Waals surface area (Å²) < 4.78 is 14.7. The first-order valence-corrected chi connectivity index (χ1v) is 11.1. The Labute approximate surface area is 190 Å².